The van der Waals surface area contributed by atoms with Crippen LogP contribution in [0.15, 0.2) is 48.5 Å². The Balaban J connectivity index is 1.42. The second-order valence-electron chi connectivity index (χ2n) is 7.21. The molecule has 2 aromatic rings. The van der Waals surface area contributed by atoms with Gasteiger partial charge in [-0.1, -0.05) is 41.9 Å². The second-order valence-corrected chi connectivity index (χ2v) is 7.62. The normalized spacial score (nSPS) is 15.8. The molecule has 0 spiro atoms. The van der Waals surface area contributed by atoms with Crippen LogP contribution in [0.25, 0.3) is 0 Å². The number of carbonyl (C=O) groups excluding carboxylic acids is 2. The van der Waals surface area contributed by atoms with Crippen molar-refractivity contribution in [2.75, 3.05) is 32.7 Å². The lowest BCUT2D eigenvalue weighted by molar-refractivity contribution is -0.122. The average molecular weight is 418 g/mol. The van der Waals surface area contributed by atoms with Crippen molar-refractivity contribution in [2.45, 2.75) is 19.4 Å². The van der Waals surface area contributed by atoms with Crippen LogP contribution in [0.2, 0.25) is 5.02 Å². The smallest absolute Gasteiger partial charge is 0.255 e. The highest BCUT2D eigenvalue weighted by Crippen LogP contribution is 2.20. The molecular formula is C22H25ClFN3O2. The topological polar surface area (TPSA) is 52.7 Å². The van der Waals surface area contributed by atoms with E-state index in [-0.39, 0.29) is 22.9 Å². The van der Waals surface area contributed by atoms with Gasteiger partial charge in [-0.15, -0.1) is 0 Å². The summed E-state index contributed by atoms with van der Waals surface area (Å²) in [6, 6.07) is 13.6. The van der Waals surface area contributed by atoms with Gasteiger partial charge in [-0.05, 0) is 30.7 Å². The van der Waals surface area contributed by atoms with Gasteiger partial charge in [0.25, 0.3) is 5.91 Å². The fourth-order valence-corrected chi connectivity index (χ4v) is 3.65. The molecule has 5 nitrogen and oxygen atoms in total. The Morgan fingerprint density at radius 3 is 2.45 bits per heavy atom. The van der Waals surface area contributed by atoms with Crippen molar-refractivity contribution in [3.63, 3.8) is 0 Å². The number of halogens is 2. The van der Waals surface area contributed by atoms with Gasteiger partial charge in [-0.25, -0.2) is 4.39 Å². The maximum Gasteiger partial charge on any atom is 0.255 e. The molecule has 1 N–H and O–H groups in total. The number of hydrogen-bond donors (Lipinski definition) is 1. The molecule has 154 valence electrons. The summed E-state index contributed by atoms with van der Waals surface area (Å²) in [5.74, 6) is -0.640. The first-order valence-electron chi connectivity index (χ1n) is 9.75. The van der Waals surface area contributed by atoms with E-state index in [1.807, 2.05) is 37.3 Å². The molecule has 1 fully saturated rings. The molecular weight excluding hydrogens is 393 g/mol. The summed E-state index contributed by atoms with van der Waals surface area (Å²) in [6.07, 6.45) is 0.412. The van der Waals surface area contributed by atoms with Gasteiger partial charge in [0.1, 0.15) is 5.82 Å². The van der Waals surface area contributed by atoms with E-state index in [0.717, 1.165) is 11.6 Å². The van der Waals surface area contributed by atoms with Crippen LogP contribution in [0.3, 0.4) is 0 Å². The number of hydrogen-bond acceptors (Lipinski definition) is 3. The number of rotatable bonds is 6. The van der Waals surface area contributed by atoms with Gasteiger partial charge in [0.05, 0.1) is 16.6 Å². The zero-order valence-electron chi connectivity index (χ0n) is 16.4. The minimum absolute atomic E-state index is 0.0120. The zero-order valence-corrected chi connectivity index (χ0v) is 17.2. The summed E-state index contributed by atoms with van der Waals surface area (Å²) in [5, 5.41) is 3.15. The Kier molecular flexibility index (Phi) is 7.23. The highest BCUT2D eigenvalue weighted by Gasteiger charge is 2.24. The van der Waals surface area contributed by atoms with Crippen LogP contribution in [0.5, 0.6) is 0 Å². The first-order valence-corrected chi connectivity index (χ1v) is 10.1. The molecule has 0 saturated carbocycles. The predicted octanol–water partition coefficient (Wildman–Crippen LogP) is 3.50. The van der Waals surface area contributed by atoms with E-state index >= 15 is 0 Å². The molecule has 2 aromatic carbocycles. The molecule has 3 rings (SSSR count). The third-order valence-electron chi connectivity index (χ3n) is 5.15. The number of piperazine rings is 1. The number of amides is 2. The largest absolute Gasteiger partial charge is 0.350 e. The molecule has 1 heterocycles. The molecule has 1 aliphatic heterocycles. The summed E-state index contributed by atoms with van der Waals surface area (Å²) in [7, 11) is 0. The highest BCUT2D eigenvalue weighted by molar-refractivity contribution is 6.33. The number of benzene rings is 2. The molecule has 0 aliphatic carbocycles. The van der Waals surface area contributed by atoms with Crippen molar-refractivity contribution in [1.29, 1.82) is 0 Å². The van der Waals surface area contributed by atoms with E-state index in [1.54, 1.807) is 4.90 Å². The van der Waals surface area contributed by atoms with Gasteiger partial charge < -0.3 is 10.2 Å². The van der Waals surface area contributed by atoms with Crippen molar-refractivity contribution in [3.8, 4) is 0 Å². The van der Waals surface area contributed by atoms with Crippen molar-refractivity contribution in [1.82, 2.24) is 15.1 Å². The summed E-state index contributed by atoms with van der Waals surface area (Å²) < 4.78 is 13.2. The summed E-state index contributed by atoms with van der Waals surface area (Å²) in [4.78, 5) is 28.7. The van der Waals surface area contributed by atoms with Crippen LogP contribution in [0.4, 0.5) is 4.39 Å². The first kappa shape index (κ1) is 21.3. The van der Waals surface area contributed by atoms with Crippen LogP contribution in [-0.4, -0.2) is 54.3 Å². The van der Waals surface area contributed by atoms with E-state index in [1.165, 1.54) is 12.1 Å². The van der Waals surface area contributed by atoms with E-state index in [4.69, 9.17) is 11.6 Å². The van der Waals surface area contributed by atoms with Crippen molar-refractivity contribution < 1.29 is 14.0 Å². The molecule has 1 aliphatic rings. The SMILES string of the molecule is CC(NC(=O)CCN1CCN(C(=O)c2ccc(F)cc2Cl)CC1)c1ccccc1. The van der Waals surface area contributed by atoms with Gasteiger partial charge in [0, 0.05) is 39.1 Å². The first-order chi connectivity index (χ1) is 13.9. The minimum Gasteiger partial charge on any atom is -0.350 e. The van der Waals surface area contributed by atoms with Gasteiger partial charge in [-0.3, -0.25) is 14.5 Å². The fourth-order valence-electron chi connectivity index (χ4n) is 3.41. The quantitative estimate of drug-likeness (QED) is 0.782. The van der Waals surface area contributed by atoms with Crippen LogP contribution < -0.4 is 5.32 Å². The zero-order chi connectivity index (χ0) is 20.8. The van der Waals surface area contributed by atoms with Crippen molar-refractivity contribution in [2.24, 2.45) is 0 Å². The Hall–Kier alpha value is -2.44. The van der Waals surface area contributed by atoms with Crippen LogP contribution >= 0.6 is 11.6 Å². The highest BCUT2D eigenvalue weighted by atomic mass is 35.5. The average Bonchev–Trinajstić information content (AvgIpc) is 2.73. The summed E-state index contributed by atoms with van der Waals surface area (Å²) in [6.45, 7) is 5.09. The van der Waals surface area contributed by atoms with Gasteiger partial charge in [-0.2, -0.15) is 0 Å². The Bertz CT molecular complexity index is 854. The van der Waals surface area contributed by atoms with Crippen LogP contribution in [0, 0.1) is 5.82 Å². The van der Waals surface area contributed by atoms with E-state index in [2.05, 4.69) is 10.2 Å². The minimum atomic E-state index is -0.462. The van der Waals surface area contributed by atoms with Gasteiger partial charge in [0.2, 0.25) is 5.91 Å². The molecule has 1 unspecified atom stereocenters. The third-order valence-corrected chi connectivity index (χ3v) is 5.47. The molecule has 29 heavy (non-hydrogen) atoms. The maximum absolute atomic E-state index is 13.2. The molecule has 0 aromatic heterocycles. The van der Waals surface area contributed by atoms with Gasteiger partial charge in [0.15, 0.2) is 0 Å². The van der Waals surface area contributed by atoms with Crippen molar-refractivity contribution >= 4 is 23.4 Å². The maximum atomic E-state index is 13.2. The van der Waals surface area contributed by atoms with E-state index in [9.17, 15) is 14.0 Å². The number of carbonyl (C=O) groups is 2. The van der Waals surface area contributed by atoms with Crippen molar-refractivity contribution in [3.05, 3.63) is 70.5 Å². The molecule has 2 amide bonds. The Morgan fingerprint density at radius 2 is 1.79 bits per heavy atom. The molecule has 1 atom stereocenters. The lowest BCUT2D eigenvalue weighted by atomic mass is 10.1. The summed E-state index contributed by atoms with van der Waals surface area (Å²) >= 11 is 6.00. The van der Waals surface area contributed by atoms with Crippen LogP contribution in [-0.2, 0) is 4.79 Å². The number of nitrogens with zero attached hydrogens (tertiary/aromatic N) is 2. The summed E-state index contributed by atoms with van der Waals surface area (Å²) in [5.41, 5.74) is 1.39. The monoisotopic (exact) mass is 417 g/mol. The lowest BCUT2D eigenvalue weighted by Crippen LogP contribution is -2.49. The number of nitrogens with one attached hydrogen (secondary N) is 1. The van der Waals surface area contributed by atoms with E-state index < -0.39 is 5.82 Å². The van der Waals surface area contributed by atoms with E-state index in [0.29, 0.717) is 44.7 Å². The molecule has 0 radical (unpaired) electrons. The van der Waals surface area contributed by atoms with Gasteiger partial charge >= 0.3 is 0 Å². The lowest BCUT2D eigenvalue weighted by Gasteiger charge is -2.34. The predicted molar refractivity (Wildman–Crippen MR) is 111 cm³/mol. The Labute approximate surface area is 175 Å². The fraction of sp³-hybridized carbons (Fsp3) is 0.364. The standard InChI is InChI=1S/C22H25ClFN3O2/c1-16(17-5-3-2-4-6-17)25-21(28)9-10-26-11-13-27(14-12-26)22(29)19-8-7-18(24)15-20(19)23/h2-8,15-16H,9-14H2,1H3,(H,25,28). The molecule has 7 heteroatoms. The Morgan fingerprint density at radius 1 is 1.10 bits per heavy atom. The third kappa shape index (κ3) is 5.78. The van der Waals surface area contributed by atoms with Crippen LogP contribution in [0.1, 0.15) is 35.3 Å². The second kappa shape index (κ2) is 9.85. The molecule has 1 saturated heterocycles. The molecule has 0 bridgehead atoms.